The number of likely N-dealkylation sites (tertiary alicyclic amines) is 1. The Morgan fingerprint density at radius 3 is 2.73 bits per heavy atom. The lowest BCUT2D eigenvalue weighted by atomic mass is 9.66. The predicted octanol–water partition coefficient (Wildman–Crippen LogP) is 3.24. The van der Waals surface area contributed by atoms with E-state index in [-0.39, 0.29) is 17.9 Å². The number of halogens is 1. The van der Waals surface area contributed by atoms with Crippen molar-refractivity contribution in [1.29, 1.82) is 0 Å². The van der Waals surface area contributed by atoms with Crippen LogP contribution in [0.25, 0.3) is 0 Å². The summed E-state index contributed by atoms with van der Waals surface area (Å²) in [5.74, 6) is 0.913. The molecule has 5 nitrogen and oxygen atoms in total. The molecule has 1 saturated carbocycles. The van der Waals surface area contributed by atoms with Gasteiger partial charge in [-0.25, -0.2) is 0 Å². The average molecular weight is 430 g/mol. The molecule has 0 bridgehead atoms. The zero-order valence-electron chi connectivity index (χ0n) is 17.4. The molecule has 2 aromatic rings. The summed E-state index contributed by atoms with van der Waals surface area (Å²) in [5.41, 5.74) is 1.17. The van der Waals surface area contributed by atoms with Gasteiger partial charge in [0.1, 0.15) is 11.8 Å². The first kappa shape index (κ1) is 21.2. The van der Waals surface area contributed by atoms with Gasteiger partial charge in [0.25, 0.3) is 5.91 Å². The van der Waals surface area contributed by atoms with E-state index in [1.54, 1.807) is 19.2 Å². The predicted molar refractivity (Wildman–Crippen MR) is 118 cm³/mol. The van der Waals surface area contributed by atoms with Crippen LogP contribution in [0, 0.1) is 5.92 Å². The lowest BCUT2D eigenvalue weighted by Crippen LogP contribution is -3.16. The topological polar surface area (TPSA) is 63.0 Å². The van der Waals surface area contributed by atoms with Crippen LogP contribution >= 0.6 is 11.6 Å². The molecule has 4 rings (SSSR count). The summed E-state index contributed by atoms with van der Waals surface area (Å²) in [4.78, 5) is 14.1. The van der Waals surface area contributed by atoms with E-state index in [1.165, 1.54) is 4.90 Å². The molecule has 6 heteroatoms. The van der Waals surface area contributed by atoms with Crippen molar-refractivity contribution in [3.63, 3.8) is 0 Å². The Labute approximate surface area is 183 Å². The minimum Gasteiger partial charge on any atom is -0.496 e. The van der Waals surface area contributed by atoms with Gasteiger partial charge in [-0.05, 0) is 49.2 Å². The zero-order chi connectivity index (χ0) is 21.1. The Bertz CT molecular complexity index is 888. The number of methoxy groups -OCH3 is 1. The van der Waals surface area contributed by atoms with Crippen molar-refractivity contribution >= 4 is 23.2 Å². The molecule has 2 aliphatic rings. The first-order valence-electron chi connectivity index (χ1n) is 10.8. The molecule has 1 unspecified atom stereocenters. The molecule has 2 aromatic carbocycles. The number of carbonyl (C=O) groups excluding carboxylic acids is 1. The molecule has 1 aliphatic carbocycles. The molecule has 3 N–H and O–H groups in total. The van der Waals surface area contributed by atoms with Crippen LogP contribution in [0.2, 0.25) is 5.02 Å². The number of hydrogen-bond donors (Lipinski definition) is 3. The number of quaternary nitrogens is 1. The number of anilines is 1. The smallest absolute Gasteiger partial charge is 0.279 e. The molecule has 160 valence electrons. The third kappa shape index (κ3) is 4.34. The minimum atomic E-state index is -0.653. The van der Waals surface area contributed by atoms with Gasteiger partial charge in [0.2, 0.25) is 0 Å². The minimum absolute atomic E-state index is 0.0242. The number of nitrogens with one attached hydrogen (secondary N) is 2. The maximum Gasteiger partial charge on any atom is 0.279 e. The number of carbonyl (C=O) groups is 1. The van der Waals surface area contributed by atoms with Gasteiger partial charge in [0.05, 0.1) is 24.8 Å². The van der Waals surface area contributed by atoms with Crippen LogP contribution < -0.4 is 15.0 Å². The second-order valence-corrected chi connectivity index (χ2v) is 9.00. The highest BCUT2D eigenvalue weighted by Gasteiger charge is 2.52. The van der Waals surface area contributed by atoms with Crippen LogP contribution in [0.1, 0.15) is 43.7 Å². The number of piperidine rings is 1. The second-order valence-electron chi connectivity index (χ2n) is 8.57. The fourth-order valence-electron chi connectivity index (χ4n) is 5.36. The Kier molecular flexibility index (Phi) is 6.32. The van der Waals surface area contributed by atoms with Crippen LogP contribution in [-0.2, 0) is 4.79 Å². The van der Waals surface area contributed by atoms with E-state index in [4.69, 9.17) is 16.3 Å². The number of benzene rings is 2. The van der Waals surface area contributed by atoms with E-state index >= 15 is 0 Å². The summed E-state index contributed by atoms with van der Waals surface area (Å²) < 4.78 is 5.66. The monoisotopic (exact) mass is 429 g/mol. The van der Waals surface area contributed by atoms with Crippen molar-refractivity contribution in [1.82, 2.24) is 0 Å². The summed E-state index contributed by atoms with van der Waals surface area (Å²) in [6.45, 7) is 1.10. The Hall–Kier alpha value is -2.08. The standard InChI is InChI=1S/C24H29ClN2O3/c1-30-21-8-3-2-6-19(21)23-20-7-4-5-13-24(20,29)14-15-27(23)16-22(28)26-18-11-9-17(25)10-12-18/h2-3,6,8-12,20,23,29H,4-5,7,13-16H2,1H3,(H,26,28)/p+1/t20-,23-,24-/m0/s1. The van der Waals surface area contributed by atoms with Crippen LogP contribution in [0.5, 0.6) is 5.75 Å². The van der Waals surface area contributed by atoms with Gasteiger partial charge in [0, 0.05) is 23.0 Å². The molecule has 1 saturated heterocycles. The van der Waals surface area contributed by atoms with Gasteiger partial charge in [-0.15, -0.1) is 0 Å². The van der Waals surface area contributed by atoms with Gasteiger partial charge in [-0.3, -0.25) is 4.79 Å². The molecular formula is C24H30ClN2O3+. The highest BCUT2D eigenvalue weighted by Crippen LogP contribution is 2.45. The molecular weight excluding hydrogens is 400 g/mol. The van der Waals surface area contributed by atoms with Crippen molar-refractivity contribution in [2.75, 3.05) is 25.5 Å². The maximum atomic E-state index is 12.9. The van der Waals surface area contributed by atoms with Crippen molar-refractivity contribution in [3.8, 4) is 5.75 Å². The van der Waals surface area contributed by atoms with Crippen molar-refractivity contribution in [2.45, 2.75) is 43.7 Å². The summed E-state index contributed by atoms with van der Waals surface area (Å²) in [5, 5.41) is 15.1. The Morgan fingerprint density at radius 1 is 1.20 bits per heavy atom. The molecule has 1 aliphatic heterocycles. The van der Waals surface area contributed by atoms with Crippen LogP contribution in [0.4, 0.5) is 5.69 Å². The van der Waals surface area contributed by atoms with E-state index in [9.17, 15) is 9.90 Å². The molecule has 2 fully saturated rings. The number of amides is 1. The van der Waals surface area contributed by atoms with Crippen LogP contribution in [0.3, 0.4) is 0 Å². The molecule has 4 atom stereocenters. The lowest BCUT2D eigenvalue weighted by Gasteiger charge is -2.50. The Balaban J connectivity index is 1.60. The SMILES string of the molecule is COc1ccccc1[C@H]1[C@@H]2CCCC[C@]2(O)CC[NH+]1CC(=O)Nc1ccc(Cl)cc1. The molecule has 1 amide bonds. The number of ether oxygens (including phenoxy) is 1. The van der Waals surface area contributed by atoms with Crippen LogP contribution in [0.15, 0.2) is 48.5 Å². The average Bonchev–Trinajstić information content (AvgIpc) is 2.75. The highest BCUT2D eigenvalue weighted by atomic mass is 35.5. The summed E-state index contributed by atoms with van der Waals surface area (Å²) in [7, 11) is 1.68. The molecule has 0 aromatic heterocycles. The van der Waals surface area contributed by atoms with Crippen molar-refractivity contribution < 1.29 is 19.5 Å². The maximum absolute atomic E-state index is 12.9. The summed E-state index contributed by atoms with van der Waals surface area (Å²) in [6, 6.07) is 15.2. The number of aliphatic hydroxyl groups is 1. The fourth-order valence-corrected chi connectivity index (χ4v) is 5.48. The van der Waals surface area contributed by atoms with Gasteiger partial charge in [-0.1, -0.05) is 36.6 Å². The molecule has 0 spiro atoms. The quantitative estimate of drug-likeness (QED) is 0.683. The summed E-state index contributed by atoms with van der Waals surface area (Å²) in [6.07, 6.45) is 4.73. The summed E-state index contributed by atoms with van der Waals surface area (Å²) >= 11 is 5.94. The number of para-hydroxylation sites is 1. The fraction of sp³-hybridized carbons (Fsp3) is 0.458. The molecule has 30 heavy (non-hydrogen) atoms. The largest absolute Gasteiger partial charge is 0.496 e. The first-order valence-corrected chi connectivity index (χ1v) is 11.1. The van der Waals surface area contributed by atoms with E-state index in [1.807, 2.05) is 30.3 Å². The third-order valence-electron chi connectivity index (χ3n) is 6.78. The third-order valence-corrected chi connectivity index (χ3v) is 7.03. The molecule has 0 radical (unpaired) electrons. The van der Waals surface area contributed by atoms with Gasteiger partial charge < -0.3 is 20.1 Å². The first-order chi connectivity index (χ1) is 14.5. The zero-order valence-corrected chi connectivity index (χ0v) is 18.1. The lowest BCUT2D eigenvalue weighted by molar-refractivity contribution is -0.937. The number of hydrogen-bond acceptors (Lipinski definition) is 3. The van der Waals surface area contributed by atoms with E-state index in [0.29, 0.717) is 11.6 Å². The van der Waals surface area contributed by atoms with Gasteiger partial charge in [-0.2, -0.15) is 0 Å². The van der Waals surface area contributed by atoms with E-state index in [0.717, 1.165) is 55.6 Å². The molecule has 1 heterocycles. The van der Waals surface area contributed by atoms with Crippen LogP contribution in [-0.4, -0.2) is 36.8 Å². The number of rotatable bonds is 5. The van der Waals surface area contributed by atoms with Crippen molar-refractivity contribution in [3.05, 3.63) is 59.1 Å². The second kappa shape index (κ2) is 8.96. The Morgan fingerprint density at radius 2 is 1.97 bits per heavy atom. The van der Waals surface area contributed by atoms with Crippen molar-refractivity contribution in [2.24, 2.45) is 5.92 Å². The van der Waals surface area contributed by atoms with E-state index < -0.39 is 5.60 Å². The van der Waals surface area contributed by atoms with Gasteiger partial charge in [0.15, 0.2) is 6.54 Å². The number of fused-ring (bicyclic) bond motifs is 1. The highest BCUT2D eigenvalue weighted by molar-refractivity contribution is 6.30. The van der Waals surface area contributed by atoms with E-state index in [2.05, 4.69) is 11.4 Å². The van der Waals surface area contributed by atoms with Gasteiger partial charge >= 0.3 is 0 Å². The normalized spacial score (nSPS) is 28.4.